The monoisotopic (exact) mass is 530 g/mol. The SMILES string of the molecule is COc1cc2c(cc1-c1cccnc1)-c1c(c(C(=O)N3CCOCC3(C)C)nn1-c1cc(F)cc(F)c1)CC2. The Morgan fingerprint density at radius 2 is 1.87 bits per heavy atom. The van der Waals surface area contributed by atoms with Crippen LogP contribution in [0.2, 0.25) is 0 Å². The highest BCUT2D eigenvalue weighted by molar-refractivity contribution is 5.97. The highest BCUT2D eigenvalue weighted by atomic mass is 19.1. The second-order valence-electron chi connectivity index (χ2n) is 10.5. The molecule has 0 atom stereocenters. The van der Waals surface area contributed by atoms with Gasteiger partial charge in [0.05, 0.1) is 37.2 Å². The Kier molecular flexibility index (Phi) is 6.18. The zero-order chi connectivity index (χ0) is 27.3. The van der Waals surface area contributed by atoms with Gasteiger partial charge in [-0.3, -0.25) is 9.78 Å². The van der Waals surface area contributed by atoms with E-state index >= 15 is 0 Å². The Morgan fingerprint density at radius 3 is 2.56 bits per heavy atom. The van der Waals surface area contributed by atoms with Gasteiger partial charge >= 0.3 is 0 Å². The first-order valence-corrected chi connectivity index (χ1v) is 12.9. The molecule has 4 aromatic rings. The van der Waals surface area contributed by atoms with Crippen molar-refractivity contribution in [3.63, 3.8) is 0 Å². The average molecular weight is 531 g/mol. The van der Waals surface area contributed by atoms with Crippen LogP contribution in [0.4, 0.5) is 8.78 Å². The van der Waals surface area contributed by atoms with Gasteiger partial charge in [-0.1, -0.05) is 6.07 Å². The fourth-order valence-corrected chi connectivity index (χ4v) is 5.57. The van der Waals surface area contributed by atoms with E-state index < -0.39 is 17.2 Å². The molecular weight excluding hydrogens is 502 g/mol. The molecule has 1 amide bonds. The van der Waals surface area contributed by atoms with E-state index in [4.69, 9.17) is 14.6 Å². The molecule has 1 aliphatic carbocycles. The minimum absolute atomic E-state index is 0.204. The largest absolute Gasteiger partial charge is 0.496 e. The van der Waals surface area contributed by atoms with Gasteiger partial charge in [0.2, 0.25) is 0 Å². The van der Waals surface area contributed by atoms with Crippen LogP contribution in [0, 0.1) is 11.6 Å². The van der Waals surface area contributed by atoms with E-state index in [1.165, 1.54) is 16.8 Å². The summed E-state index contributed by atoms with van der Waals surface area (Å²) >= 11 is 0. The number of amides is 1. The molecule has 200 valence electrons. The first kappa shape index (κ1) is 25.2. The Balaban J connectivity index is 1.59. The van der Waals surface area contributed by atoms with Crippen molar-refractivity contribution in [2.45, 2.75) is 32.2 Å². The van der Waals surface area contributed by atoms with Crippen molar-refractivity contribution >= 4 is 5.91 Å². The van der Waals surface area contributed by atoms with Crippen LogP contribution in [0.5, 0.6) is 5.75 Å². The fraction of sp³-hybridized carbons (Fsp3) is 0.300. The third-order valence-electron chi connectivity index (χ3n) is 7.47. The number of rotatable bonds is 4. The topological polar surface area (TPSA) is 69.5 Å². The molecule has 2 aromatic carbocycles. The van der Waals surface area contributed by atoms with Gasteiger partial charge in [-0.2, -0.15) is 5.10 Å². The standard InChI is InChI=1S/C30H28F2N4O3/c1-30(2)17-39-10-9-35(30)29(37)27-23-7-6-18-11-26(38-3)24(19-5-4-8-33-16-19)15-25(18)28(23)36(34-27)22-13-20(31)12-21(32)14-22/h4-5,8,11-16H,6-7,9-10,17H2,1-3H3. The summed E-state index contributed by atoms with van der Waals surface area (Å²) < 4.78 is 41.6. The van der Waals surface area contributed by atoms with Gasteiger partial charge in [0.1, 0.15) is 17.4 Å². The summed E-state index contributed by atoms with van der Waals surface area (Å²) in [5.74, 6) is -0.976. The van der Waals surface area contributed by atoms with E-state index in [1.54, 1.807) is 24.4 Å². The van der Waals surface area contributed by atoms with E-state index in [1.807, 2.05) is 38.1 Å². The number of aryl methyl sites for hydroxylation is 1. The van der Waals surface area contributed by atoms with Gasteiger partial charge in [0.25, 0.3) is 5.91 Å². The van der Waals surface area contributed by atoms with E-state index in [-0.39, 0.29) is 17.3 Å². The molecule has 0 bridgehead atoms. The summed E-state index contributed by atoms with van der Waals surface area (Å²) in [7, 11) is 1.62. The molecule has 0 spiro atoms. The van der Waals surface area contributed by atoms with Gasteiger partial charge in [-0.15, -0.1) is 0 Å². The van der Waals surface area contributed by atoms with Crippen molar-refractivity contribution in [1.82, 2.24) is 19.7 Å². The van der Waals surface area contributed by atoms with Crippen LogP contribution in [-0.4, -0.2) is 58.0 Å². The zero-order valence-corrected chi connectivity index (χ0v) is 22.0. The molecule has 6 rings (SSSR count). The number of morpholine rings is 1. The van der Waals surface area contributed by atoms with Crippen LogP contribution in [-0.2, 0) is 17.6 Å². The van der Waals surface area contributed by atoms with E-state index in [0.29, 0.717) is 44.0 Å². The van der Waals surface area contributed by atoms with Gasteiger partial charge in [0, 0.05) is 47.3 Å². The molecule has 1 saturated heterocycles. The first-order valence-electron chi connectivity index (χ1n) is 12.9. The Morgan fingerprint density at radius 1 is 1.08 bits per heavy atom. The van der Waals surface area contributed by atoms with Gasteiger partial charge in [-0.05, 0) is 62.6 Å². The third kappa shape index (κ3) is 4.36. The van der Waals surface area contributed by atoms with Crippen molar-refractivity contribution in [2.24, 2.45) is 0 Å². The Labute approximate surface area is 225 Å². The summed E-state index contributed by atoms with van der Waals surface area (Å²) in [6, 6.07) is 11.0. The van der Waals surface area contributed by atoms with Crippen molar-refractivity contribution in [3.8, 4) is 33.8 Å². The summed E-state index contributed by atoms with van der Waals surface area (Å²) in [5, 5.41) is 4.74. The number of ether oxygens (including phenoxy) is 2. The fourth-order valence-electron chi connectivity index (χ4n) is 5.57. The number of hydrogen-bond acceptors (Lipinski definition) is 5. The van der Waals surface area contributed by atoms with Crippen LogP contribution >= 0.6 is 0 Å². The summed E-state index contributed by atoms with van der Waals surface area (Å²) in [4.78, 5) is 20.0. The Bertz CT molecular complexity index is 1560. The van der Waals surface area contributed by atoms with E-state index in [2.05, 4.69) is 4.98 Å². The van der Waals surface area contributed by atoms with Crippen LogP contribution in [0.1, 0.15) is 35.5 Å². The molecule has 0 saturated carbocycles. The van der Waals surface area contributed by atoms with Crippen LogP contribution in [0.15, 0.2) is 54.9 Å². The molecule has 0 radical (unpaired) electrons. The average Bonchev–Trinajstić information content (AvgIpc) is 3.32. The molecule has 1 aliphatic heterocycles. The second kappa shape index (κ2) is 9.57. The number of pyridine rings is 1. The summed E-state index contributed by atoms with van der Waals surface area (Å²) in [5.41, 5.74) is 4.86. The second-order valence-corrected chi connectivity index (χ2v) is 10.5. The normalized spacial score (nSPS) is 16.0. The lowest BCUT2D eigenvalue weighted by atomic mass is 9.86. The maximum absolute atomic E-state index is 14.4. The number of aromatic nitrogens is 3. The third-order valence-corrected chi connectivity index (χ3v) is 7.47. The molecule has 2 aromatic heterocycles. The van der Waals surface area contributed by atoms with Gasteiger partial charge < -0.3 is 14.4 Å². The molecular formula is C30H28F2N4O3. The van der Waals surface area contributed by atoms with Crippen molar-refractivity contribution < 1.29 is 23.0 Å². The predicted molar refractivity (Wildman–Crippen MR) is 142 cm³/mol. The number of carbonyl (C=O) groups excluding carboxylic acids is 1. The lowest BCUT2D eigenvalue weighted by molar-refractivity contribution is -0.0373. The number of hydrogen-bond donors (Lipinski definition) is 0. The summed E-state index contributed by atoms with van der Waals surface area (Å²) in [6.07, 6.45) is 4.65. The van der Waals surface area contributed by atoms with Crippen molar-refractivity contribution in [2.75, 3.05) is 26.9 Å². The molecule has 0 N–H and O–H groups in total. The maximum atomic E-state index is 14.4. The molecule has 0 unspecified atom stereocenters. The molecule has 2 aliphatic rings. The zero-order valence-electron chi connectivity index (χ0n) is 22.0. The summed E-state index contributed by atoms with van der Waals surface area (Å²) in [6.45, 7) is 5.19. The number of halogens is 2. The Hall–Kier alpha value is -4.11. The van der Waals surface area contributed by atoms with Gasteiger partial charge in [0.15, 0.2) is 5.69 Å². The van der Waals surface area contributed by atoms with Crippen molar-refractivity contribution in [3.05, 3.63) is 83.3 Å². The molecule has 39 heavy (non-hydrogen) atoms. The minimum Gasteiger partial charge on any atom is -0.496 e. The molecule has 9 heteroatoms. The van der Waals surface area contributed by atoms with Gasteiger partial charge in [-0.25, -0.2) is 13.5 Å². The van der Waals surface area contributed by atoms with Crippen LogP contribution in [0.3, 0.4) is 0 Å². The minimum atomic E-state index is -0.724. The highest BCUT2D eigenvalue weighted by Gasteiger charge is 2.39. The molecule has 3 heterocycles. The van der Waals surface area contributed by atoms with E-state index in [0.717, 1.165) is 33.9 Å². The van der Waals surface area contributed by atoms with Crippen LogP contribution in [0.25, 0.3) is 28.1 Å². The molecule has 7 nitrogen and oxygen atoms in total. The van der Waals surface area contributed by atoms with Crippen molar-refractivity contribution in [1.29, 1.82) is 0 Å². The number of carbonyl (C=O) groups is 1. The number of benzene rings is 2. The first-order chi connectivity index (χ1) is 18.8. The quantitative estimate of drug-likeness (QED) is 0.361. The lowest BCUT2D eigenvalue weighted by Gasteiger charge is -2.41. The smallest absolute Gasteiger partial charge is 0.275 e. The number of nitrogens with zero attached hydrogens (tertiary/aromatic N) is 4. The number of methoxy groups -OCH3 is 1. The highest BCUT2D eigenvalue weighted by Crippen LogP contribution is 2.43. The van der Waals surface area contributed by atoms with Crippen LogP contribution < -0.4 is 4.74 Å². The molecule has 1 fully saturated rings. The predicted octanol–water partition coefficient (Wildman–Crippen LogP) is 5.24. The maximum Gasteiger partial charge on any atom is 0.275 e. The number of fused-ring (bicyclic) bond motifs is 3. The van der Waals surface area contributed by atoms with E-state index in [9.17, 15) is 13.6 Å². The lowest BCUT2D eigenvalue weighted by Crippen LogP contribution is -2.55.